The molecule has 3 rings (SSSR count). The quantitative estimate of drug-likeness (QED) is 0.765. The SMILES string of the molecule is CN(C)c1ccc(CNc2ccnc3cc(Cl)ccc23)cc1. The van der Waals surface area contributed by atoms with E-state index >= 15 is 0 Å². The van der Waals surface area contributed by atoms with E-state index in [0.717, 1.165) is 23.1 Å². The summed E-state index contributed by atoms with van der Waals surface area (Å²) in [6.45, 7) is 0.773. The van der Waals surface area contributed by atoms with Gasteiger partial charge >= 0.3 is 0 Å². The highest BCUT2D eigenvalue weighted by Crippen LogP contribution is 2.25. The number of anilines is 2. The zero-order valence-corrected chi connectivity index (χ0v) is 13.4. The Bertz CT molecular complexity index is 782. The first kappa shape index (κ1) is 14.7. The summed E-state index contributed by atoms with van der Waals surface area (Å²) in [4.78, 5) is 6.45. The minimum atomic E-state index is 0.705. The molecule has 112 valence electrons. The maximum Gasteiger partial charge on any atom is 0.0737 e. The maximum absolute atomic E-state index is 6.02. The number of nitrogens with zero attached hydrogens (tertiary/aromatic N) is 2. The molecule has 3 aromatic rings. The van der Waals surface area contributed by atoms with Gasteiger partial charge in [-0.15, -0.1) is 0 Å². The minimum absolute atomic E-state index is 0.705. The molecule has 0 saturated carbocycles. The Morgan fingerprint density at radius 3 is 2.55 bits per heavy atom. The Morgan fingerprint density at radius 1 is 1.05 bits per heavy atom. The molecule has 0 atom stereocenters. The van der Waals surface area contributed by atoms with Crippen LogP contribution in [0.1, 0.15) is 5.56 Å². The van der Waals surface area contributed by atoms with Crippen LogP contribution in [0, 0.1) is 0 Å². The van der Waals surface area contributed by atoms with E-state index in [-0.39, 0.29) is 0 Å². The molecule has 0 aliphatic carbocycles. The van der Waals surface area contributed by atoms with Crippen molar-refractivity contribution in [2.24, 2.45) is 0 Å². The van der Waals surface area contributed by atoms with Crippen molar-refractivity contribution in [2.75, 3.05) is 24.3 Å². The number of halogens is 1. The summed E-state index contributed by atoms with van der Waals surface area (Å²) in [6.07, 6.45) is 1.80. The second kappa shape index (κ2) is 6.24. The second-order valence-corrected chi connectivity index (χ2v) is 5.87. The van der Waals surface area contributed by atoms with Crippen molar-refractivity contribution in [3.8, 4) is 0 Å². The van der Waals surface area contributed by atoms with Gasteiger partial charge in [0.05, 0.1) is 5.52 Å². The van der Waals surface area contributed by atoms with Crippen molar-refractivity contribution in [2.45, 2.75) is 6.54 Å². The Kier molecular flexibility index (Phi) is 4.16. The number of nitrogens with one attached hydrogen (secondary N) is 1. The van der Waals surface area contributed by atoms with Gasteiger partial charge in [-0.1, -0.05) is 23.7 Å². The number of hydrogen-bond acceptors (Lipinski definition) is 3. The van der Waals surface area contributed by atoms with Gasteiger partial charge in [-0.3, -0.25) is 4.98 Å². The second-order valence-electron chi connectivity index (χ2n) is 5.43. The molecule has 0 spiro atoms. The lowest BCUT2D eigenvalue weighted by atomic mass is 10.1. The van der Waals surface area contributed by atoms with Gasteiger partial charge in [0, 0.05) is 48.6 Å². The van der Waals surface area contributed by atoms with Crippen molar-refractivity contribution in [3.05, 3.63) is 65.3 Å². The van der Waals surface area contributed by atoms with Crippen LogP contribution in [0.2, 0.25) is 5.02 Å². The van der Waals surface area contributed by atoms with E-state index in [1.165, 1.54) is 11.3 Å². The van der Waals surface area contributed by atoms with E-state index in [1.807, 2.05) is 38.4 Å². The molecule has 0 amide bonds. The predicted octanol–water partition coefficient (Wildman–Crippen LogP) is 4.57. The monoisotopic (exact) mass is 311 g/mol. The van der Waals surface area contributed by atoms with Gasteiger partial charge in [-0.2, -0.15) is 0 Å². The number of pyridine rings is 1. The smallest absolute Gasteiger partial charge is 0.0737 e. The predicted molar refractivity (Wildman–Crippen MR) is 94.8 cm³/mol. The van der Waals surface area contributed by atoms with Crippen LogP contribution in [0.15, 0.2) is 54.7 Å². The summed E-state index contributed by atoms with van der Waals surface area (Å²) >= 11 is 6.02. The molecule has 1 heterocycles. The first-order chi connectivity index (χ1) is 10.6. The molecular weight excluding hydrogens is 294 g/mol. The van der Waals surface area contributed by atoms with E-state index in [2.05, 4.69) is 39.5 Å². The first-order valence-corrected chi connectivity index (χ1v) is 7.56. The molecule has 3 nitrogen and oxygen atoms in total. The van der Waals surface area contributed by atoms with Crippen LogP contribution in [-0.2, 0) is 6.54 Å². The number of fused-ring (bicyclic) bond motifs is 1. The molecule has 1 N–H and O–H groups in total. The largest absolute Gasteiger partial charge is 0.380 e. The lowest BCUT2D eigenvalue weighted by molar-refractivity contribution is 1.11. The molecule has 1 aromatic heterocycles. The summed E-state index contributed by atoms with van der Waals surface area (Å²) in [6, 6.07) is 16.3. The number of hydrogen-bond donors (Lipinski definition) is 1. The molecule has 0 aliphatic heterocycles. The minimum Gasteiger partial charge on any atom is -0.380 e. The summed E-state index contributed by atoms with van der Waals surface area (Å²) in [5.74, 6) is 0. The van der Waals surface area contributed by atoms with Crippen LogP contribution in [0.3, 0.4) is 0 Å². The fraction of sp³-hybridized carbons (Fsp3) is 0.167. The van der Waals surface area contributed by atoms with Crippen molar-refractivity contribution >= 4 is 33.9 Å². The van der Waals surface area contributed by atoms with E-state index in [4.69, 9.17) is 11.6 Å². The van der Waals surface area contributed by atoms with Crippen molar-refractivity contribution in [1.82, 2.24) is 4.98 Å². The normalized spacial score (nSPS) is 10.7. The fourth-order valence-corrected chi connectivity index (χ4v) is 2.55. The van der Waals surface area contributed by atoms with Gasteiger partial charge in [0.1, 0.15) is 0 Å². The van der Waals surface area contributed by atoms with E-state index in [9.17, 15) is 0 Å². The molecule has 4 heteroatoms. The van der Waals surface area contributed by atoms with Crippen LogP contribution in [-0.4, -0.2) is 19.1 Å². The third-order valence-corrected chi connectivity index (χ3v) is 3.88. The van der Waals surface area contributed by atoms with Crippen molar-refractivity contribution < 1.29 is 0 Å². The number of benzene rings is 2. The zero-order valence-electron chi connectivity index (χ0n) is 12.7. The molecule has 0 bridgehead atoms. The van der Waals surface area contributed by atoms with Crippen LogP contribution in [0.5, 0.6) is 0 Å². The van der Waals surface area contributed by atoms with E-state index in [0.29, 0.717) is 5.02 Å². The molecule has 2 aromatic carbocycles. The van der Waals surface area contributed by atoms with Gasteiger partial charge in [0.25, 0.3) is 0 Å². The third kappa shape index (κ3) is 3.15. The highest BCUT2D eigenvalue weighted by atomic mass is 35.5. The first-order valence-electron chi connectivity index (χ1n) is 7.18. The summed E-state index contributed by atoms with van der Waals surface area (Å²) in [5, 5.41) is 5.26. The van der Waals surface area contributed by atoms with Crippen molar-refractivity contribution in [1.29, 1.82) is 0 Å². The third-order valence-electron chi connectivity index (χ3n) is 3.64. The van der Waals surface area contributed by atoms with E-state index in [1.54, 1.807) is 6.20 Å². The van der Waals surface area contributed by atoms with Crippen LogP contribution < -0.4 is 10.2 Å². The molecule has 0 aliphatic rings. The summed E-state index contributed by atoms with van der Waals surface area (Å²) in [7, 11) is 4.09. The molecule has 22 heavy (non-hydrogen) atoms. The van der Waals surface area contributed by atoms with Gasteiger partial charge in [0.2, 0.25) is 0 Å². The number of rotatable bonds is 4. The lowest BCUT2D eigenvalue weighted by Crippen LogP contribution is -2.08. The maximum atomic E-state index is 6.02. The average molecular weight is 312 g/mol. The molecule has 0 radical (unpaired) electrons. The van der Waals surface area contributed by atoms with Gasteiger partial charge in [0.15, 0.2) is 0 Å². The van der Waals surface area contributed by atoms with Gasteiger partial charge < -0.3 is 10.2 Å². The average Bonchev–Trinajstić information content (AvgIpc) is 2.52. The summed E-state index contributed by atoms with van der Waals surface area (Å²) in [5.41, 5.74) is 4.41. The Morgan fingerprint density at radius 2 is 1.82 bits per heavy atom. The number of aromatic nitrogens is 1. The Balaban J connectivity index is 1.79. The molecule has 0 fully saturated rings. The Labute approximate surface area is 135 Å². The van der Waals surface area contributed by atoms with E-state index < -0.39 is 0 Å². The topological polar surface area (TPSA) is 28.2 Å². The van der Waals surface area contributed by atoms with Crippen molar-refractivity contribution in [3.63, 3.8) is 0 Å². The molecular formula is C18H18ClN3. The standard InChI is InChI=1S/C18H18ClN3/c1-22(2)15-6-3-13(4-7-15)12-21-17-9-10-20-18-11-14(19)5-8-16(17)18/h3-11H,12H2,1-2H3,(H,20,21). The van der Waals surface area contributed by atoms with Crippen LogP contribution >= 0.6 is 11.6 Å². The highest BCUT2D eigenvalue weighted by molar-refractivity contribution is 6.31. The summed E-state index contributed by atoms with van der Waals surface area (Å²) < 4.78 is 0. The van der Waals surface area contributed by atoms with Gasteiger partial charge in [-0.25, -0.2) is 0 Å². The van der Waals surface area contributed by atoms with Crippen LogP contribution in [0.25, 0.3) is 10.9 Å². The van der Waals surface area contributed by atoms with Gasteiger partial charge in [-0.05, 0) is 42.0 Å². The lowest BCUT2D eigenvalue weighted by Gasteiger charge is -2.13. The Hall–Kier alpha value is -2.26. The zero-order chi connectivity index (χ0) is 15.5. The highest BCUT2D eigenvalue weighted by Gasteiger charge is 2.03. The van der Waals surface area contributed by atoms with Crippen LogP contribution in [0.4, 0.5) is 11.4 Å². The molecule has 0 saturated heterocycles. The fourth-order valence-electron chi connectivity index (χ4n) is 2.38. The molecule has 0 unspecified atom stereocenters.